The quantitative estimate of drug-likeness (QED) is 0.397. The van der Waals surface area contributed by atoms with Crippen LogP contribution in [0.25, 0.3) is 0 Å². The van der Waals surface area contributed by atoms with Crippen LogP contribution < -0.4 is 9.47 Å². The van der Waals surface area contributed by atoms with E-state index < -0.39 is 11.9 Å². The average Bonchev–Trinajstić information content (AvgIpc) is 2.74. The first kappa shape index (κ1) is 20.4. The van der Waals surface area contributed by atoms with Crippen LogP contribution in [0.15, 0.2) is 78.9 Å². The largest absolute Gasteiger partial charge is 0.482 e. The third-order valence-electron chi connectivity index (χ3n) is 3.97. The molecule has 3 aromatic carbocycles. The first-order valence-electron chi connectivity index (χ1n) is 9.01. The SMILES string of the molecule is O=C(COc1ccc(Cl)cc1)Oc1ccccc1C(=O)OCCc1ccccc1. The summed E-state index contributed by atoms with van der Waals surface area (Å²) in [5.74, 6) is -0.575. The predicted octanol–water partition coefficient (Wildman–Crippen LogP) is 4.72. The van der Waals surface area contributed by atoms with Crippen molar-refractivity contribution >= 4 is 23.5 Å². The van der Waals surface area contributed by atoms with Gasteiger partial charge >= 0.3 is 11.9 Å². The fourth-order valence-electron chi connectivity index (χ4n) is 2.53. The van der Waals surface area contributed by atoms with Gasteiger partial charge in [-0.1, -0.05) is 54.1 Å². The van der Waals surface area contributed by atoms with E-state index in [1.165, 1.54) is 6.07 Å². The molecule has 3 rings (SSSR count). The van der Waals surface area contributed by atoms with Crippen LogP contribution >= 0.6 is 11.6 Å². The summed E-state index contributed by atoms with van der Waals surface area (Å²) < 4.78 is 16.0. The van der Waals surface area contributed by atoms with E-state index in [0.29, 0.717) is 17.2 Å². The Kier molecular flexibility index (Phi) is 7.25. The number of hydrogen-bond acceptors (Lipinski definition) is 5. The Morgan fingerprint density at radius 2 is 1.52 bits per heavy atom. The van der Waals surface area contributed by atoms with Crippen LogP contribution in [0.3, 0.4) is 0 Å². The van der Waals surface area contributed by atoms with Crippen molar-refractivity contribution < 1.29 is 23.8 Å². The Bertz CT molecular complexity index is 955. The second-order valence-corrected chi connectivity index (χ2v) is 6.52. The average molecular weight is 411 g/mol. The van der Waals surface area contributed by atoms with Crippen molar-refractivity contribution in [3.8, 4) is 11.5 Å². The van der Waals surface area contributed by atoms with Crippen LogP contribution in [0.5, 0.6) is 11.5 Å². The number of carbonyl (C=O) groups excluding carboxylic acids is 2. The van der Waals surface area contributed by atoms with Gasteiger partial charge in [0.05, 0.1) is 6.61 Å². The zero-order valence-corrected chi connectivity index (χ0v) is 16.3. The summed E-state index contributed by atoms with van der Waals surface area (Å²) in [4.78, 5) is 24.5. The molecule has 148 valence electrons. The van der Waals surface area contributed by atoms with E-state index in [9.17, 15) is 9.59 Å². The van der Waals surface area contributed by atoms with E-state index in [-0.39, 0.29) is 24.5 Å². The lowest BCUT2D eigenvalue weighted by molar-refractivity contribution is -0.136. The maximum atomic E-state index is 12.4. The first-order chi connectivity index (χ1) is 14.1. The molecular weight excluding hydrogens is 392 g/mol. The van der Waals surface area contributed by atoms with Gasteiger partial charge in [0.15, 0.2) is 6.61 Å². The summed E-state index contributed by atoms with van der Waals surface area (Å²) in [6.07, 6.45) is 0.601. The summed E-state index contributed by atoms with van der Waals surface area (Å²) in [6.45, 7) is -0.0795. The lowest BCUT2D eigenvalue weighted by atomic mass is 10.2. The molecule has 0 aromatic heterocycles. The smallest absolute Gasteiger partial charge is 0.349 e. The zero-order chi connectivity index (χ0) is 20.5. The van der Waals surface area contributed by atoms with Gasteiger partial charge in [-0.15, -0.1) is 0 Å². The highest BCUT2D eigenvalue weighted by Gasteiger charge is 2.16. The molecule has 0 spiro atoms. The summed E-state index contributed by atoms with van der Waals surface area (Å²) >= 11 is 5.81. The molecule has 0 heterocycles. The molecule has 0 unspecified atom stereocenters. The van der Waals surface area contributed by atoms with Gasteiger partial charge in [-0.3, -0.25) is 0 Å². The molecule has 0 saturated carbocycles. The number of carbonyl (C=O) groups is 2. The molecule has 0 atom stereocenters. The van der Waals surface area contributed by atoms with Crippen molar-refractivity contribution in [2.75, 3.05) is 13.2 Å². The summed E-state index contributed by atoms with van der Waals surface area (Å²) in [5, 5.41) is 0.569. The maximum Gasteiger partial charge on any atom is 0.349 e. The maximum absolute atomic E-state index is 12.4. The number of rotatable bonds is 8. The van der Waals surface area contributed by atoms with E-state index in [0.717, 1.165) is 5.56 Å². The Morgan fingerprint density at radius 3 is 2.28 bits per heavy atom. The highest BCUT2D eigenvalue weighted by molar-refractivity contribution is 6.30. The number of hydrogen-bond donors (Lipinski definition) is 0. The van der Waals surface area contributed by atoms with Crippen LogP contribution in [-0.4, -0.2) is 25.2 Å². The molecule has 3 aromatic rings. The minimum absolute atomic E-state index is 0.127. The van der Waals surface area contributed by atoms with Crippen LogP contribution in [0.4, 0.5) is 0 Å². The molecule has 0 saturated heterocycles. The molecule has 0 aliphatic rings. The van der Waals surface area contributed by atoms with E-state index in [2.05, 4.69) is 0 Å². The molecule has 0 aliphatic heterocycles. The number of benzene rings is 3. The molecule has 0 radical (unpaired) electrons. The van der Waals surface area contributed by atoms with Crippen molar-refractivity contribution in [2.45, 2.75) is 6.42 Å². The van der Waals surface area contributed by atoms with Gasteiger partial charge in [-0.05, 0) is 42.0 Å². The molecule has 0 amide bonds. The summed E-state index contributed by atoms with van der Waals surface area (Å²) in [5.41, 5.74) is 1.25. The molecule has 0 aliphatic carbocycles. The number of para-hydroxylation sites is 1. The third kappa shape index (κ3) is 6.36. The van der Waals surface area contributed by atoms with E-state index in [4.69, 9.17) is 25.8 Å². The van der Waals surface area contributed by atoms with E-state index >= 15 is 0 Å². The van der Waals surface area contributed by atoms with E-state index in [1.54, 1.807) is 42.5 Å². The molecule has 0 fully saturated rings. The Morgan fingerprint density at radius 1 is 0.828 bits per heavy atom. The minimum Gasteiger partial charge on any atom is -0.482 e. The highest BCUT2D eigenvalue weighted by atomic mass is 35.5. The number of ether oxygens (including phenoxy) is 3. The molecule has 5 nitrogen and oxygen atoms in total. The second-order valence-electron chi connectivity index (χ2n) is 6.08. The topological polar surface area (TPSA) is 61.8 Å². The summed E-state index contributed by atoms with van der Waals surface area (Å²) in [7, 11) is 0. The van der Waals surface area contributed by atoms with Gasteiger partial charge in [0.1, 0.15) is 17.1 Å². The van der Waals surface area contributed by atoms with E-state index in [1.807, 2.05) is 30.3 Å². The Labute approximate surface area is 173 Å². The Balaban J connectivity index is 1.54. The van der Waals surface area contributed by atoms with Gasteiger partial charge in [0.25, 0.3) is 0 Å². The molecule has 6 heteroatoms. The first-order valence-corrected chi connectivity index (χ1v) is 9.39. The van der Waals surface area contributed by atoms with Gasteiger partial charge in [-0.25, -0.2) is 9.59 Å². The normalized spacial score (nSPS) is 10.2. The molecule has 0 N–H and O–H groups in total. The number of halogens is 1. The van der Waals surface area contributed by atoms with Crippen molar-refractivity contribution in [3.05, 3.63) is 95.0 Å². The van der Waals surface area contributed by atoms with Crippen molar-refractivity contribution in [1.29, 1.82) is 0 Å². The Hall–Kier alpha value is -3.31. The van der Waals surface area contributed by atoms with Crippen LogP contribution in [0.2, 0.25) is 5.02 Å². The van der Waals surface area contributed by atoms with Crippen molar-refractivity contribution in [2.24, 2.45) is 0 Å². The fourth-order valence-corrected chi connectivity index (χ4v) is 2.66. The molecule has 0 bridgehead atoms. The highest BCUT2D eigenvalue weighted by Crippen LogP contribution is 2.20. The third-order valence-corrected chi connectivity index (χ3v) is 4.22. The monoisotopic (exact) mass is 410 g/mol. The summed E-state index contributed by atoms with van der Waals surface area (Å²) in [6, 6.07) is 22.7. The van der Waals surface area contributed by atoms with Gasteiger partial charge < -0.3 is 14.2 Å². The van der Waals surface area contributed by atoms with Crippen LogP contribution in [-0.2, 0) is 16.0 Å². The van der Waals surface area contributed by atoms with Gasteiger partial charge in [0.2, 0.25) is 0 Å². The van der Waals surface area contributed by atoms with Gasteiger partial charge in [-0.2, -0.15) is 0 Å². The van der Waals surface area contributed by atoms with Gasteiger partial charge in [0, 0.05) is 11.4 Å². The lowest BCUT2D eigenvalue weighted by Gasteiger charge is -2.11. The number of esters is 2. The van der Waals surface area contributed by atoms with Crippen LogP contribution in [0, 0.1) is 0 Å². The van der Waals surface area contributed by atoms with Crippen LogP contribution in [0.1, 0.15) is 15.9 Å². The molecular formula is C23H19ClO5. The van der Waals surface area contributed by atoms with Crippen molar-refractivity contribution in [3.63, 3.8) is 0 Å². The zero-order valence-electron chi connectivity index (χ0n) is 15.5. The standard InChI is InChI=1S/C23H19ClO5/c24-18-10-12-19(13-11-18)28-16-22(25)29-21-9-5-4-8-20(21)23(26)27-15-14-17-6-2-1-3-7-17/h1-13H,14-16H2. The minimum atomic E-state index is -0.635. The fraction of sp³-hybridized carbons (Fsp3) is 0.130. The molecule has 29 heavy (non-hydrogen) atoms. The second kappa shape index (κ2) is 10.3. The lowest BCUT2D eigenvalue weighted by Crippen LogP contribution is -2.19. The predicted molar refractivity (Wildman–Crippen MR) is 109 cm³/mol. The van der Waals surface area contributed by atoms with Crippen molar-refractivity contribution in [1.82, 2.24) is 0 Å².